The van der Waals surface area contributed by atoms with Gasteiger partial charge in [-0.3, -0.25) is 0 Å². The Balaban J connectivity index is 1.70. The number of rotatable bonds is 3. The molecule has 0 aromatic heterocycles. The van der Waals surface area contributed by atoms with Crippen molar-refractivity contribution in [3.05, 3.63) is 0 Å². The number of aliphatic hydroxyl groups excluding tert-OH is 1. The zero-order valence-electron chi connectivity index (χ0n) is 17.7. The summed E-state index contributed by atoms with van der Waals surface area (Å²) in [5.41, 5.74) is 0.883. The Kier molecular flexibility index (Phi) is 4.98. The molecule has 4 saturated carbocycles. The molecule has 9 atom stereocenters. The molecule has 0 amide bonds. The minimum atomic E-state index is -0.261. The van der Waals surface area contributed by atoms with Gasteiger partial charge in [0, 0.05) is 12.6 Å². The van der Waals surface area contributed by atoms with E-state index in [0.29, 0.717) is 29.4 Å². The molecule has 150 valence electrons. The normalized spacial score (nSPS) is 53.9. The van der Waals surface area contributed by atoms with E-state index in [1.165, 1.54) is 38.5 Å². The number of fused-ring (bicyclic) bond motifs is 5. The van der Waals surface area contributed by atoms with E-state index in [1.807, 2.05) is 0 Å². The number of hydrogen-bond acceptors (Lipinski definition) is 3. The molecule has 0 heterocycles. The average Bonchev–Trinajstić information content (AvgIpc) is 2.97. The van der Waals surface area contributed by atoms with Crippen LogP contribution in [0.5, 0.6) is 0 Å². The zero-order valence-corrected chi connectivity index (χ0v) is 17.7. The van der Waals surface area contributed by atoms with E-state index in [0.717, 1.165) is 30.6 Å². The van der Waals surface area contributed by atoms with Crippen molar-refractivity contribution in [3.63, 3.8) is 0 Å². The van der Waals surface area contributed by atoms with Crippen molar-refractivity contribution < 1.29 is 9.84 Å². The predicted molar refractivity (Wildman–Crippen MR) is 106 cm³/mol. The monoisotopic (exact) mass is 363 g/mol. The van der Waals surface area contributed by atoms with E-state index in [2.05, 4.69) is 39.8 Å². The summed E-state index contributed by atoms with van der Waals surface area (Å²) < 4.78 is 6.03. The highest BCUT2D eigenvalue weighted by Crippen LogP contribution is 2.66. The van der Waals surface area contributed by atoms with Crippen LogP contribution < -0.4 is 0 Å². The third-order valence-electron chi connectivity index (χ3n) is 9.41. The molecule has 0 aromatic carbocycles. The van der Waals surface area contributed by atoms with Crippen LogP contribution in [-0.4, -0.2) is 49.0 Å². The summed E-state index contributed by atoms with van der Waals surface area (Å²) in [4.78, 5) is 2.55. The Morgan fingerprint density at radius 1 is 1.12 bits per heavy atom. The molecular formula is C23H41NO2. The van der Waals surface area contributed by atoms with Gasteiger partial charge in [0.05, 0.1) is 12.2 Å². The largest absolute Gasteiger partial charge is 0.390 e. The first kappa shape index (κ1) is 19.2. The van der Waals surface area contributed by atoms with E-state index in [-0.39, 0.29) is 12.2 Å². The highest BCUT2D eigenvalue weighted by atomic mass is 16.5. The highest BCUT2D eigenvalue weighted by molar-refractivity contribution is 5.12. The molecule has 0 unspecified atom stereocenters. The second kappa shape index (κ2) is 6.74. The van der Waals surface area contributed by atoms with Crippen molar-refractivity contribution in [1.29, 1.82) is 0 Å². The average molecular weight is 364 g/mol. The smallest absolute Gasteiger partial charge is 0.0839 e. The molecule has 26 heavy (non-hydrogen) atoms. The molecular weight excluding hydrogens is 322 g/mol. The number of nitrogens with zero attached hydrogens (tertiary/aromatic N) is 1. The van der Waals surface area contributed by atoms with Gasteiger partial charge in [0.1, 0.15) is 0 Å². The first-order valence-electron chi connectivity index (χ1n) is 11.3. The lowest BCUT2D eigenvalue weighted by Crippen LogP contribution is -2.63. The van der Waals surface area contributed by atoms with Crippen molar-refractivity contribution in [2.24, 2.45) is 34.5 Å². The van der Waals surface area contributed by atoms with Crippen molar-refractivity contribution in [1.82, 2.24) is 4.90 Å². The van der Waals surface area contributed by atoms with Crippen LogP contribution in [0.2, 0.25) is 0 Å². The zero-order chi connectivity index (χ0) is 18.7. The first-order chi connectivity index (χ1) is 12.3. The maximum Gasteiger partial charge on any atom is 0.0839 e. The number of aliphatic hydroxyl groups is 1. The molecule has 3 nitrogen and oxygen atoms in total. The Labute approximate surface area is 160 Å². The SMILES string of the molecule is CCO[C@H]1C[C@@]2(C)[C@@H](CC[C@@H]3[C@@H]2[C@H](N(C)C)C[C@]2(C)CCC[C@@H]32)C[C@@H]1O. The summed E-state index contributed by atoms with van der Waals surface area (Å²) in [7, 11) is 4.62. The molecule has 4 rings (SSSR count). The Hall–Kier alpha value is -0.120. The van der Waals surface area contributed by atoms with Gasteiger partial charge in [-0.1, -0.05) is 20.3 Å². The molecule has 0 bridgehead atoms. The lowest BCUT2D eigenvalue weighted by atomic mass is 9.43. The lowest BCUT2D eigenvalue weighted by molar-refractivity contribution is -0.185. The van der Waals surface area contributed by atoms with Gasteiger partial charge in [-0.25, -0.2) is 0 Å². The molecule has 3 heteroatoms. The van der Waals surface area contributed by atoms with Crippen molar-refractivity contribution in [2.75, 3.05) is 20.7 Å². The molecule has 0 saturated heterocycles. The number of ether oxygens (including phenoxy) is 1. The van der Waals surface area contributed by atoms with E-state index in [9.17, 15) is 5.11 Å². The molecule has 4 fully saturated rings. The van der Waals surface area contributed by atoms with Crippen LogP contribution >= 0.6 is 0 Å². The lowest BCUT2D eigenvalue weighted by Gasteiger charge is -2.64. The Bertz CT molecular complexity index is 522. The number of hydrogen-bond donors (Lipinski definition) is 1. The standard InChI is InChI=1S/C23H41NO2/c1-6-26-20-14-23(3)15(12-19(20)25)9-10-16-17-8-7-11-22(17,2)13-18(21(16)23)24(4)5/h15-21,25H,6-14H2,1-5H3/t15-,16-,17-,18+,19-,20-,21+,22-,23-/m0/s1. The van der Waals surface area contributed by atoms with Crippen LogP contribution in [0.15, 0.2) is 0 Å². The Morgan fingerprint density at radius 2 is 1.88 bits per heavy atom. The molecule has 0 aliphatic heterocycles. The summed E-state index contributed by atoms with van der Waals surface area (Å²) >= 11 is 0. The van der Waals surface area contributed by atoms with E-state index in [4.69, 9.17) is 4.74 Å². The fraction of sp³-hybridized carbons (Fsp3) is 1.00. The van der Waals surface area contributed by atoms with Gasteiger partial charge < -0.3 is 14.7 Å². The predicted octanol–water partition coefficient (Wildman–Crippen LogP) is 4.34. The van der Waals surface area contributed by atoms with Crippen molar-refractivity contribution in [3.8, 4) is 0 Å². The minimum Gasteiger partial charge on any atom is -0.390 e. The van der Waals surface area contributed by atoms with Gasteiger partial charge in [0.25, 0.3) is 0 Å². The van der Waals surface area contributed by atoms with Gasteiger partial charge in [-0.15, -0.1) is 0 Å². The second-order valence-corrected chi connectivity index (χ2v) is 10.9. The van der Waals surface area contributed by atoms with Crippen LogP contribution in [0.25, 0.3) is 0 Å². The molecule has 0 aromatic rings. The first-order valence-corrected chi connectivity index (χ1v) is 11.3. The third-order valence-corrected chi connectivity index (χ3v) is 9.41. The summed E-state index contributed by atoms with van der Waals surface area (Å²) in [5, 5.41) is 10.7. The highest BCUT2D eigenvalue weighted by Gasteiger charge is 2.62. The van der Waals surface area contributed by atoms with E-state index >= 15 is 0 Å². The second-order valence-electron chi connectivity index (χ2n) is 10.9. The van der Waals surface area contributed by atoms with Crippen LogP contribution in [0.3, 0.4) is 0 Å². The Morgan fingerprint density at radius 3 is 2.58 bits per heavy atom. The van der Waals surface area contributed by atoms with Crippen molar-refractivity contribution >= 4 is 0 Å². The van der Waals surface area contributed by atoms with Crippen LogP contribution in [0.4, 0.5) is 0 Å². The van der Waals surface area contributed by atoms with Gasteiger partial charge in [-0.2, -0.15) is 0 Å². The molecule has 0 spiro atoms. The fourth-order valence-corrected chi connectivity index (χ4v) is 8.28. The summed E-state index contributed by atoms with van der Waals surface area (Å²) in [6.07, 6.45) is 10.2. The minimum absolute atomic E-state index is 0.0414. The van der Waals surface area contributed by atoms with Gasteiger partial charge in [0.2, 0.25) is 0 Å². The topological polar surface area (TPSA) is 32.7 Å². The maximum atomic E-state index is 10.7. The van der Waals surface area contributed by atoms with Gasteiger partial charge in [-0.05, 0) is 100 Å². The fourth-order valence-electron chi connectivity index (χ4n) is 8.28. The molecule has 4 aliphatic rings. The van der Waals surface area contributed by atoms with Crippen LogP contribution in [0.1, 0.15) is 72.1 Å². The van der Waals surface area contributed by atoms with E-state index < -0.39 is 0 Å². The van der Waals surface area contributed by atoms with Crippen LogP contribution in [0, 0.1) is 34.5 Å². The third kappa shape index (κ3) is 2.79. The molecule has 1 N–H and O–H groups in total. The van der Waals surface area contributed by atoms with E-state index in [1.54, 1.807) is 0 Å². The maximum absolute atomic E-state index is 10.7. The van der Waals surface area contributed by atoms with Gasteiger partial charge >= 0.3 is 0 Å². The molecule has 0 radical (unpaired) electrons. The van der Waals surface area contributed by atoms with Crippen molar-refractivity contribution in [2.45, 2.75) is 90.4 Å². The van der Waals surface area contributed by atoms with Crippen LogP contribution in [-0.2, 0) is 4.74 Å². The summed E-state index contributed by atoms with van der Waals surface area (Å²) in [6.45, 7) is 7.95. The quantitative estimate of drug-likeness (QED) is 0.810. The summed E-state index contributed by atoms with van der Waals surface area (Å²) in [6, 6.07) is 0.685. The summed E-state index contributed by atoms with van der Waals surface area (Å²) in [5.74, 6) is 3.24. The molecule has 4 aliphatic carbocycles. The van der Waals surface area contributed by atoms with Gasteiger partial charge in [0.15, 0.2) is 0 Å².